The number of thiophene rings is 1. The summed E-state index contributed by atoms with van der Waals surface area (Å²) in [6, 6.07) is 7.44. The van der Waals surface area contributed by atoms with Crippen LogP contribution in [0.3, 0.4) is 0 Å². The standard InChI is InChI=1S/C20H16N6O2S2/c1-11(30-20-25-24-17(26(20)2)12-5-3-7-21-9-12)16-22-18(27)15-13(10-29-19(15)23-16)14-6-4-8-28-14/h3-11H,1-2H3,(H,22,23,27)/t11-/m0/s1. The minimum absolute atomic E-state index is 0.124. The highest BCUT2D eigenvalue weighted by atomic mass is 32.2. The largest absolute Gasteiger partial charge is 0.464 e. The van der Waals surface area contributed by atoms with E-state index in [1.54, 1.807) is 24.7 Å². The van der Waals surface area contributed by atoms with Crippen LogP contribution in [0.15, 0.2) is 62.7 Å². The molecule has 10 heteroatoms. The van der Waals surface area contributed by atoms with Gasteiger partial charge < -0.3 is 14.0 Å². The van der Waals surface area contributed by atoms with E-state index in [2.05, 4.69) is 20.2 Å². The molecule has 0 saturated carbocycles. The van der Waals surface area contributed by atoms with Gasteiger partial charge in [-0.3, -0.25) is 9.78 Å². The van der Waals surface area contributed by atoms with Crippen molar-refractivity contribution in [3.63, 3.8) is 0 Å². The third-order valence-electron chi connectivity index (χ3n) is 4.67. The van der Waals surface area contributed by atoms with Crippen molar-refractivity contribution in [2.45, 2.75) is 17.3 Å². The molecular weight excluding hydrogens is 420 g/mol. The molecule has 0 fully saturated rings. The minimum Gasteiger partial charge on any atom is -0.464 e. The predicted octanol–water partition coefficient (Wildman–Crippen LogP) is 4.29. The van der Waals surface area contributed by atoms with Crippen molar-refractivity contribution in [2.24, 2.45) is 7.05 Å². The Labute approximate surface area is 179 Å². The number of nitrogens with zero attached hydrogens (tertiary/aromatic N) is 5. The summed E-state index contributed by atoms with van der Waals surface area (Å²) < 4.78 is 7.36. The third-order valence-corrected chi connectivity index (χ3v) is 6.69. The maximum absolute atomic E-state index is 12.8. The van der Waals surface area contributed by atoms with Crippen molar-refractivity contribution in [3.8, 4) is 22.7 Å². The molecule has 0 unspecified atom stereocenters. The molecule has 150 valence electrons. The highest BCUT2D eigenvalue weighted by Gasteiger charge is 2.20. The maximum atomic E-state index is 12.8. The van der Waals surface area contributed by atoms with Crippen molar-refractivity contribution in [2.75, 3.05) is 0 Å². The van der Waals surface area contributed by atoms with Crippen LogP contribution in [0.1, 0.15) is 18.0 Å². The fourth-order valence-electron chi connectivity index (χ4n) is 3.15. The van der Waals surface area contributed by atoms with Crippen LogP contribution in [0.5, 0.6) is 0 Å². The highest BCUT2D eigenvalue weighted by Crippen LogP contribution is 2.35. The molecule has 0 aliphatic carbocycles. The zero-order valence-electron chi connectivity index (χ0n) is 16.1. The number of aromatic amines is 1. The van der Waals surface area contributed by atoms with Gasteiger partial charge in [-0.05, 0) is 31.2 Å². The Morgan fingerprint density at radius 2 is 2.17 bits per heavy atom. The van der Waals surface area contributed by atoms with E-state index in [1.165, 1.54) is 23.1 Å². The lowest BCUT2D eigenvalue weighted by Crippen LogP contribution is -2.12. The molecule has 5 aromatic rings. The Bertz CT molecular complexity index is 1370. The lowest BCUT2D eigenvalue weighted by atomic mass is 10.2. The number of nitrogens with one attached hydrogen (secondary N) is 1. The van der Waals surface area contributed by atoms with E-state index in [0.29, 0.717) is 21.8 Å². The first-order valence-corrected chi connectivity index (χ1v) is 10.9. The van der Waals surface area contributed by atoms with Gasteiger partial charge in [-0.1, -0.05) is 11.8 Å². The van der Waals surface area contributed by atoms with E-state index >= 15 is 0 Å². The van der Waals surface area contributed by atoms with Crippen LogP contribution in [0, 0.1) is 0 Å². The van der Waals surface area contributed by atoms with Crippen LogP contribution in [-0.2, 0) is 7.05 Å². The van der Waals surface area contributed by atoms with Gasteiger partial charge in [0.15, 0.2) is 11.0 Å². The van der Waals surface area contributed by atoms with Gasteiger partial charge in [0, 0.05) is 35.9 Å². The molecule has 5 aromatic heterocycles. The van der Waals surface area contributed by atoms with Gasteiger partial charge in [-0.15, -0.1) is 21.5 Å². The van der Waals surface area contributed by atoms with Gasteiger partial charge in [0.1, 0.15) is 16.4 Å². The maximum Gasteiger partial charge on any atom is 0.260 e. The quantitative estimate of drug-likeness (QED) is 0.410. The van der Waals surface area contributed by atoms with Crippen LogP contribution in [0.25, 0.3) is 32.9 Å². The summed E-state index contributed by atoms with van der Waals surface area (Å²) in [6.07, 6.45) is 5.06. The summed E-state index contributed by atoms with van der Waals surface area (Å²) in [6.45, 7) is 1.98. The van der Waals surface area contributed by atoms with E-state index in [-0.39, 0.29) is 10.8 Å². The molecule has 1 N–H and O–H groups in total. The van der Waals surface area contributed by atoms with Gasteiger partial charge in [-0.2, -0.15) is 0 Å². The Morgan fingerprint density at radius 1 is 1.27 bits per heavy atom. The van der Waals surface area contributed by atoms with E-state index in [4.69, 9.17) is 9.40 Å². The van der Waals surface area contributed by atoms with Crippen molar-refractivity contribution in [1.29, 1.82) is 0 Å². The Morgan fingerprint density at radius 3 is 2.93 bits per heavy atom. The van der Waals surface area contributed by atoms with E-state index in [0.717, 1.165) is 22.1 Å². The molecule has 5 rings (SSSR count). The monoisotopic (exact) mass is 436 g/mol. The van der Waals surface area contributed by atoms with Gasteiger partial charge in [0.2, 0.25) is 0 Å². The number of H-pyrrole nitrogens is 1. The zero-order valence-corrected chi connectivity index (χ0v) is 17.7. The Hall–Kier alpha value is -3.24. The van der Waals surface area contributed by atoms with Crippen LogP contribution in [-0.4, -0.2) is 29.7 Å². The van der Waals surface area contributed by atoms with Crippen LogP contribution in [0.4, 0.5) is 0 Å². The second-order valence-corrected chi connectivity index (χ2v) is 8.79. The first-order valence-electron chi connectivity index (χ1n) is 9.13. The molecule has 0 saturated heterocycles. The SMILES string of the molecule is C[C@H](Sc1nnc(-c2cccnc2)n1C)c1nc2scc(-c3ccco3)c2c(=O)[nH]1. The first kappa shape index (κ1) is 18.8. The molecule has 1 atom stereocenters. The molecule has 5 heterocycles. The van der Waals surface area contributed by atoms with Crippen molar-refractivity contribution in [3.05, 3.63) is 64.5 Å². The molecule has 0 amide bonds. The minimum atomic E-state index is -0.177. The number of thioether (sulfide) groups is 1. The Balaban J connectivity index is 1.45. The predicted molar refractivity (Wildman–Crippen MR) is 116 cm³/mol. The number of pyridine rings is 1. The van der Waals surface area contributed by atoms with Crippen molar-refractivity contribution in [1.82, 2.24) is 29.7 Å². The van der Waals surface area contributed by atoms with Crippen LogP contribution >= 0.6 is 23.1 Å². The number of rotatable bonds is 5. The normalized spacial score (nSPS) is 12.5. The zero-order chi connectivity index (χ0) is 20.7. The fourth-order valence-corrected chi connectivity index (χ4v) is 4.96. The smallest absolute Gasteiger partial charge is 0.260 e. The van der Waals surface area contributed by atoms with Crippen molar-refractivity contribution >= 4 is 33.3 Å². The summed E-state index contributed by atoms with van der Waals surface area (Å²) in [4.78, 5) is 25.2. The first-order chi connectivity index (χ1) is 14.6. The molecule has 0 radical (unpaired) electrons. The van der Waals surface area contributed by atoms with Gasteiger partial charge in [-0.25, -0.2) is 4.98 Å². The molecule has 8 nitrogen and oxygen atoms in total. The third kappa shape index (κ3) is 3.23. The summed E-state index contributed by atoms with van der Waals surface area (Å²) in [5.74, 6) is 1.98. The summed E-state index contributed by atoms with van der Waals surface area (Å²) in [5.41, 5.74) is 1.48. The molecule has 0 bridgehead atoms. The lowest BCUT2D eigenvalue weighted by molar-refractivity contribution is 0.583. The number of hydrogen-bond donors (Lipinski definition) is 1. The molecule has 30 heavy (non-hydrogen) atoms. The topological polar surface area (TPSA) is 102 Å². The highest BCUT2D eigenvalue weighted by molar-refractivity contribution is 7.99. The average molecular weight is 437 g/mol. The lowest BCUT2D eigenvalue weighted by Gasteiger charge is -2.10. The number of fused-ring (bicyclic) bond motifs is 1. The van der Waals surface area contributed by atoms with Gasteiger partial charge in [0.05, 0.1) is 16.9 Å². The average Bonchev–Trinajstić information content (AvgIpc) is 3.49. The second kappa shape index (κ2) is 7.54. The van der Waals surface area contributed by atoms with Gasteiger partial charge in [0.25, 0.3) is 5.56 Å². The van der Waals surface area contributed by atoms with E-state index < -0.39 is 0 Å². The molecule has 0 aliphatic rings. The van der Waals surface area contributed by atoms with Crippen molar-refractivity contribution < 1.29 is 4.42 Å². The molecule has 0 spiro atoms. The van der Waals surface area contributed by atoms with E-state index in [9.17, 15) is 4.79 Å². The number of hydrogen-bond acceptors (Lipinski definition) is 8. The number of furan rings is 1. The van der Waals surface area contributed by atoms with Crippen LogP contribution < -0.4 is 5.56 Å². The summed E-state index contributed by atoms with van der Waals surface area (Å²) >= 11 is 2.91. The molecule has 0 aromatic carbocycles. The van der Waals surface area contributed by atoms with Crippen LogP contribution in [0.2, 0.25) is 0 Å². The fraction of sp³-hybridized carbons (Fsp3) is 0.150. The van der Waals surface area contributed by atoms with Gasteiger partial charge >= 0.3 is 0 Å². The molecular formula is C20H16N6O2S2. The number of aromatic nitrogens is 6. The summed E-state index contributed by atoms with van der Waals surface area (Å²) in [7, 11) is 1.91. The molecule has 0 aliphatic heterocycles. The second-order valence-electron chi connectivity index (χ2n) is 6.62. The van der Waals surface area contributed by atoms with E-state index in [1.807, 2.05) is 42.1 Å². The summed E-state index contributed by atoms with van der Waals surface area (Å²) in [5, 5.41) is 11.6. The Kier molecular flexibility index (Phi) is 4.72.